The van der Waals surface area contributed by atoms with E-state index in [0.29, 0.717) is 13.1 Å². The number of rotatable bonds is 6. The Morgan fingerprint density at radius 1 is 1.50 bits per heavy atom. The molecule has 1 aromatic rings. The van der Waals surface area contributed by atoms with Crippen molar-refractivity contribution >= 4 is 5.91 Å². The number of nitrogens with one attached hydrogen (secondary N) is 2. The lowest BCUT2D eigenvalue weighted by molar-refractivity contribution is -0.120. The number of hydrogen-bond acceptors (Lipinski definition) is 3. The second-order valence-corrected chi connectivity index (χ2v) is 4.21. The van der Waals surface area contributed by atoms with E-state index >= 15 is 0 Å². The van der Waals surface area contributed by atoms with Gasteiger partial charge in [-0.05, 0) is 30.4 Å². The number of hydrogen-bond donors (Lipinski definition) is 2. The van der Waals surface area contributed by atoms with Crippen molar-refractivity contribution in [2.75, 3.05) is 13.1 Å². The predicted molar refractivity (Wildman–Crippen MR) is 61.7 cm³/mol. The van der Waals surface area contributed by atoms with Crippen molar-refractivity contribution in [3.63, 3.8) is 0 Å². The first-order chi connectivity index (χ1) is 7.84. The zero-order valence-electron chi connectivity index (χ0n) is 9.28. The van der Waals surface area contributed by atoms with Gasteiger partial charge in [-0.2, -0.15) is 0 Å². The van der Waals surface area contributed by atoms with Gasteiger partial charge in [0.1, 0.15) is 0 Å². The van der Waals surface area contributed by atoms with Crippen LogP contribution >= 0.6 is 0 Å². The highest BCUT2D eigenvalue weighted by Gasteiger charge is 2.21. The second kappa shape index (κ2) is 5.61. The Kier molecular flexibility index (Phi) is 3.88. The summed E-state index contributed by atoms with van der Waals surface area (Å²) < 4.78 is 0. The standard InChI is InChI=1S/C12H17N3O/c16-12(15-8-10-3-4-10)9-14-7-11-2-1-5-13-6-11/h1-2,5-6,10,14H,3-4,7-9H2,(H,15,16). The van der Waals surface area contributed by atoms with E-state index in [2.05, 4.69) is 15.6 Å². The Hall–Kier alpha value is -1.42. The van der Waals surface area contributed by atoms with Crippen molar-refractivity contribution in [3.05, 3.63) is 30.1 Å². The number of pyridine rings is 1. The molecule has 1 saturated carbocycles. The molecule has 1 aromatic heterocycles. The third kappa shape index (κ3) is 3.98. The molecule has 16 heavy (non-hydrogen) atoms. The van der Waals surface area contributed by atoms with Crippen LogP contribution in [0.5, 0.6) is 0 Å². The van der Waals surface area contributed by atoms with Crippen LogP contribution in [-0.4, -0.2) is 24.0 Å². The Balaban J connectivity index is 1.58. The summed E-state index contributed by atoms with van der Waals surface area (Å²) >= 11 is 0. The lowest BCUT2D eigenvalue weighted by Gasteiger charge is -2.05. The normalized spacial score (nSPS) is 14.8. The predicted octanol–water partition coefficient (Wildman–Crippen LogP) is 0.697. The van der Waals surface area contributed by atoms with E-state index in [9.17, 15) is 4.79 Å². The van der Waals surface area contributed by atoms with E-state index < -0.39 is 0 Å². The highest BCUT2D eigenvalue weighted by Crippen LogP contribution is 2.27. The minimum absolute atomic E-state index is 0.0794. The summed E-state index contributed by atoms with van der Waals surface area (Å²) in [6.07, 6.45) is 6.08. The summed E-state index contributed by atoms with van der Waals surface area (Å²) in [4.78, 5) is 15.4. The smallest absolute Gasteiger partial charge is 0.233 e. The third-order valence-electron chi connectivity index (χ3n) is 2.62. The Morgan fingerprint density at radius 3 is 3.06 bits per heavy atom. The average molecular weight is 219 g/mol. The highest BCUT2D eigenvalue weighted by atomic mass is 16.1. The molecular weight excluding hydrogens is 202 g/mol. The van der Waals surface area contributed by atoms with Gasteiger partial charge < -0.3 is 10.6 Å². The van der Waals surface area contributed by atoms with Gasteiger partial charge in [0.15, 0.2) is 0 Å². The summed E-state index contributed by atoms with van der Waals surface area (Å²) in [5, 5.41) is 6.01. The van der Waals surface area contributed by atoms with E-state index in [1.807, 2.05) is 12.1 Å². The van der Waals surface area contributed by atoms with Crippen LogP contribution in [0, 0.1) is 5.92 Å². The number of carbonyl (C=O) groups excluding carboxylic acids is 1. The van der Waals surface area contributed by atoms with Crippen molar-refractivity contribution in [1.29, 1.82) is 0 Å². The van der Waals surface area contributed by atoms with Crippen LogP contribution in [0.4, 0.5) is 0 Å². The quantitative estimate of drug-likeness (QED) is 0.740. The molecule has 1 aliphatic carbocycles. The van der Waals surface area contributed by atoms with Crippen LogP contribution < -0.4 is 10.6 Å². The summed E-state index contributed by atoms with van der Waals surface area (Å²) in [5.74, 6) is 0.818. The molecule has 0 bridgehead atoms. The first-order valence-corrected chi connectivity index (χ1v) is 5.71. The lowest BCUT2D eigenvalue weighted by atomic mass is 10.3. The second-order valence-electron chi connectivity index (χ2n) is 4.21. The molecule has 4 heteroatoms. The first kappa shape index (κ1) is 11.1. The lowest BCUT2D eigenvalue weighted by Crippen LogP contribution is -2.34. The minimum Gasteiger partial charge on any atom is -0.355 e. The number of carbonyl (C=O) groups is 1. The molecule has 2 rings (SSSR count). The molecule has 0 aromatic carbocycles. The van der Waals surface area contributed by atoms with Gasteiger partial charge in [-0.25, -0.2) is 0 Å². The number of nitrogens with zero attached hydrogens (tertiary/aromatic N) is 1. The van der Waals surface area contributed by atoms with Gasteiger partial charge in [0.05, 0.1) is 6.54 Å². The van der Waals surface area contributed by atoms with Crippen molar-refractivity contribution in [3.8, 4) is 0 Å². The molecule has 2 N–H and O–H groups in total. The Bertz CT molecular complexity index is 335. The average Bonchev–Trinajstić information content (AvgIpc) is 3.12. The van der Waals surface area contributed by atoms with E-state index in [1.165, 1.54) is 12.8 Å². The van der Waals surface area contributed by atoms with Gasteiger partial charge in [-0.1, -0.05) is 6.07 Å². The van der Waals surface area contributed by atoms with E-state index in [0.717, 1.165) is 18.0 Å². The number of aromatic nitrogens is 1. The maximum atomic E-state index is 11.4. The molecule has 0 saturated heterocycles. The maximum absolute atomic E-state index is 11.4. The molecule has 0 spiro atoms. The number of amides is 1. The fourth-order valence-corrected chi connectivity index (χ4v) is 1.47. The molecule has 0 radical (unpaired) electrons. The minimum atomic E-state index is 0.0794. The Morgan fingerprint density at radius 2 is 2.38 bits per heavy atom. The summed E-state index contributed by atoms with van der Waals surface area (Å²) in [5.41, 5.74) is 1.09. The highest BCUT2D eigenvalue weighted by molar-refractivity contribution is 5.77. The van der Waals surface area contributed by atoms with Gasteiger partial charge >= 0.3 is 0 Å². The summed E-state index contributed by atoms with van der Waals surface area (Å²) in [7, 11) is 0. The molecule has 0 unspecified atom stereocenters. The van der Waals surface area contributed by atoms with Crippen molar-refractivity contribution in [2.45, 2.75) is 19.4 Å². The molecule has 1 aliphatic rings. The fraction of sp³-hybridized carbons (Fsp3) is 0.500. The van der Waals surface area contributed by atoms with Crippen molar-refractivity contribution in [2.24, 2.45) is 5.92 Å². The zero-order valence-corrected chi connectivity index (χ0v) is 9.28. The van der Waals surface area contributed by atoms with Crippen LogP contribution in [-0.2, 0) is 11.3 Å². The topological polar surface area (TPSA) is 54.0 Å². The van der Waals surface area contributed by atoms with E-state index in [-0.39, 0.29) is 5.91 Å². The molecule has 0 aliphatic heterocycles. The Labute approximate surface area is 95.5 Å². The third-order valence-corrected chi connectivity index (χ3v) is 2.62. The van der Waals surface area contributed by atoms with Crippen LogP contribution in [0.2, 0.25) is 0 Å². The van der Waals surface area contributed by atoms with Crippen molar-refractivity contribution in [1.82, 2.24) is 15.6 Å². The van der Waals surface area contributed by atoms with Gasteiger partial charge in [0.2, 0.25) is 5.91 Å². The maximum Gasteiger partial charge on any atom is 0.233 e. The van der Waals surface area contributed by atoms with Crippen LogP contribution in [0.25, 0.3) is 0 Å². The molecule has 86 valence electrons. The molecule has 1 heterocycles. The molecule has 0 atom stereocenters. The molecule has 1 amide bonds. The molecule has 4 nitrogen and oxygen atoms in total. The van der Waals surface area contributed by atoms with Crippen molar-refractivity contribution < 1.29 is 4.79 Å². The summed E-state index contributed by atoms with van der Waals surface area (Å²) in [6.45, 7) is 1.90. The molecular formula is C12H17N3O. The van der Waals surface area contributed by atoms with Gasteiger partial charge in [-0.15, -0.1) is 0 Å². The molecule has 1 fully saturated rings. The largest absolute Gasteiger partial charge is 0.355 e. The monoisotopic (exact) mass is 219 g/mol. The first-order valence-electron chi connectivity index (χ1n) is 5.71. The summed E-state index contributed by atoms with van der Waals surface area (Å²) in [6, 6.07) is 3.88. The van der Waals surface area contributed by atoms with E-state index in [1.54, 1.807) is 12.4 Å². The van der Waals surface area contributed by atoms with Gasteiger partial charge in [-0.3, -0.25) is 9.78 Å². The van der Waals surface area contributed by atoms with Crippen LogP contribution in [0.1, 0.15) is 18.4 Å². The van der Waals surface area contributed by atoms with Gasteiger partial charge in [0.25, 0.3) is 0 Å². The zero-order chi connectivity index (χ0) is 11.2. The van der Waals surface area contributed by atoms with E-state index in [4.69, 9.17) is 0 Å². The van der Waals surface area contributed by atoms with Gasteiger partial charge in [0, 0.05) is 25.5 Å². The van der Waals surface area contributed by atoms with Crippen LogP contribution in [0.3, 0.4) is 0 Å². The van der Waals surface area contributed by atoms with Crippen LogP contribution in [0.15, 0.2) is 24.5 Å². The fourth-order valence-electron chi connectivity index (χ4n) is 1.47. The SMILES string of the molecule is O=C(CNCc1cccnc1)NCC1CC1.